The molecular weight excluding hydrogens is 338 g/mol. The van der Waals surface area contributed by atoms with Gasteiger partial charge in [0.1, 0.15) is 0 Å². The second-order valence-corrected chi connectivity index (χ2v) is 7.98. The summed E-state index contributed by atoms with van der Waals surface area (Å²) in [6, 6.07) is 16.1. The van der Waals surface area contributed by atoms with Crippen LogP contribution in [-0.4, -0.2) is 41.2 Å². The Bertz CT molecular complexity index is 803. The van der Waals surface area contributed by atoms with Crippen molar-refractivity contribution in [2.24, 2.45) is 0 Å². The van der Waals surface area contributed by atoms with Crippen LogP contribution >= 0.6 is 0 Å². The normalized spacial score (nSPS) is 11.0. The molecule has 0 radical (unpaired) electrons. The van der Waals surface area contributed by atoms with Crippen molar-refractivity contribution in [3.63, 3.8) is 0 Å². The van der Waals surface area contributed by atoms with Gasteiger partial charge in [0.05, 0.1) is 11.4 Å². The van der Waals surface area contributed by atoms with E-state index >= 15 is 0 Å². The molecule has 2 aromatic carbocycles. The van der Waals surface area contributed by atoms with E-state index in [-0.39, 0.29) is 18.1 Å². The molecule has 0 atom stereocenters. The molecule has 1 N–H and O–H groups in total. The Morgan fingerprint density at radius 1 is 0.920 bits per heavy atom. The monoisotopic (exact) mass is 361 g/mol. The summed E-state index contributed by atoms with van der Waals surface area (Å²) in [5.41, 5.74) is 2.23. The zero-order valence-electron chi connectivity index (χ0n) is 14.6. The first-order chi connectivity index (χ1) is 11.8. The Labute approximate surface area is 149 Å². The molecule has 1 amide bonds. The highest BCUT2D eigenvalue weighted by atomic mass is 32.2. The van der Waals surface area contributed by atoms with E-state index in [1.54, 1.807) is 36.4 Å². The summed E-state index contributed by atoms with van der Waals surface area (Å²) in [5.74, 6) is -0.581. The number of benzene rings is 2. The standard InChI is InChI=1S/C18H23N3O3S/c1-20(2)16-11-9-15(10-12-16)19-18(22)13-14-25(23,24)21(3)17-7-5-4-6-8-17/h4-12H,13-14H2,1-3H3,(H,19,22). The van der Waals surface area contributed by atoms with E-state index in [1.807, 2.05) is 37.2 Å². The Morgan fingerprint density at radius 3 is 2.08 bits per heavy atom. The molecule has 0 aromatic heterocycles. The third kappa shape index (κ3) is 5.22. The van der Waals surface area contributed by atoms with Gasteiger partial charge in [0, 0.05) is 38.9 Å². The molecule has 2 aromatic rings. The highest BCUT2D eigenvalue weighted by molar-refractivity contribution is 7.92. The quantitative estimate of drug-likeness (QED) is 0.823. The predicted octanol–water partition coefficient (Wildman–Crippen LogP) is 2.55. The highest BCUT2D eigenvalue weighted by Gasteiger charge is 2.19. The molecule has 0 aliphatic heterocycles. The van der Waals surface area contributed by atoms with Gasteiger partial charge in [0.2, 0.25) is 15.9 Å². The molecule has 0 bridgehead atoms. The van der Waals surface area contributed by atoms with Crippen LogP contribution in [0.15, 0.2) is 54.6 Å². The first kappa shape index (κ1) is 18.8. The maximum Gasteiger partial charge on any atom is 0.235 e. The number of nitrogens with zero attached hydrogens (tertiary/aromatic N) is 2. The molecule has 0 aliphatic carbocycles. The number of para-hydroxylation sites is 1. The fourth-order valence-electron chi connectivity index (χ4n) is 2.22. The van der Waals surface area contributed by atoms with Crippen LogP contribution in [0, 0.1) is 0 Å². The zero-order chi connectivity index (χ0) is 18.4. The van der Waals surface area contributed by atoms with Gasteiger partial charge < -0.3 is 10.2 Å². The van der Waals surface area contributed by atoms with E-state index in [0.717, 1.165) is 5.69 Å². The molecule has 6 nitrogen and oxygen atoms in total. The van der Waals surface area contributed by atoms with Crippen LogP contribution in [0.5, 0.6) is 0 Å². The van der Waals surface area contributed by atoms with Gasteiger partial charge in [0.15, 0.2) is 0 Å². The van der Waals surface area contributed by atoms with Crippen molar-refractivity contribution >= 4 is 33.0 Å². The van der Waals surface area contributed by atoms with Gasteiger partial charge in [-0.15, -0.1) is 0 Å². The molecule has 25 heavy (non-hydrogen) atoms. The molecule has 0 heterocycles. The summed E-state index contributed by atoms with van der Waals surface area (Å²) in [4.78, 5) is 14.0. The lowest BCUT2D eigenvalue weighted by Gasteiger charge is -2.19. The van der Waals surface area contributed by atoms with Gasteiger partial charge >= 0.3 is 0 Å². The number of sulfonamides is 1. The minimum Gasteiger partial charge on any atom is -0.378 e. The molecule has 0 aliphatic rings. The number of carbonyl (C=O) groups excluding carboxylic acids is 1. The van der Waals surface area contributed by atoms with Crippen LogP contribution in [0.3, 0.4) is 0 Å². The van der Waals surface area contributed by atoms with E-state index in [4.69, 9.17) is 0 Å². The number of anilines is 3. The summed E-state index contributed by atoms with van der Waals surface area (Å²) in [6.07, 6.45) is -0.102. The number of amides is 1. The van der Waals surface area contributed by atoms with Gasteiger partial charge in [-0.3, -0.25) is 9.10 Å². The molecule has 7 heteroatoms. The highest BCUT2D eigenvalue weighted by Crippen LogP contribution is 2.17. The molecule has 2 rings (SSSR count). The molecular formula is C18H23N3O3S. The second kappa shape index (κ2) is 8.02. The van der Waals surface area contributed by atoms with E-state index in [2.05, 4.69) is 5.32 Å². The number of nitrogens with one attached hydrogen (secondary N) is 1. The maximum atomic E-state index is 12.3. The molecule has 0 fully saturated rings. The average molecular weight is 361 g/mol. The van der Waals surface area contributed by atoms with Crippen molar-refractivity contribution in [2.45, 2.75) is 6.42 Å². The summed E-state index contributed by atoms with van der Waals surface area (Å²) >= 11 is 0. The second-order valence-electron chi connectivity index (χ2n) is 5.86. The maximum absolute atomic E-state index is 12.3. The van der Waals surface area contributed by atoms with Crippen molar-refractivity contribution < 1.29 is 13.2 Å². The number of hydrogen-bond donors (Lipinski definition) is 1. The first-order valence-electron chi connectivity index (χ1n) is 7.88. The van der Waals surface area contributed by atoms with Crippen LogP contribution in [0.4, 0.5) is 17.1 Å². The summed E-state index contributed by atoms with van der Waals surface area (Å²) in [7, 11) is 1.80. The zero-order valence-corrected chi connectivity index (χ0v) is 15.5. The smallest absolute Gasteiger partial charge is 0.235 e. The minimum absolute atomic E-state index is 0.102. The van der Waals surface area contributed by atoms with Gasteiger partial charge in [0.25, 0.3) is 0 Å². The average Bonchev–Trinajstić information content (AvgIpc) is 2.60. The lowest BCUT2D eigenvalue weighted by molar-refractivity contribution is -0.115. The molecule has 0 unspecified atom stereocenters. The summed E-state index contributed by atoms with van der Waals surface area (Å²) in [5, 5.41) is 2.72. The minimum atomic E-state index is -3.55. The van der Waals surface area contributed by atoms with Crippen LogP contribution in [0.1, 0.15) is 6.42 Å². The van der Waals surface area contributed by atoms with E-state index in [0.29, 0.717) is 11.4 Å². The third-order valence-electron chi connectivity index (χ3n) is 3.79. The van der Waals surface area contributed by atoms with Crippen molar-refractivity contribution in [3.05, 3.63) is 54.6 Å². The lowest BCUT2D eigenvalue weighted by Crippen LogP contribution is -2.30. The van der Waals surface area contributed by atoms with Gasteiger partial charge in [-0.25, -0.2) is 8.42 Å². The number of carbonyl (C=O) groups is 1. The largest absolute Gasteiger partial charge is 0.378 e. The molecule has 134 valence electrons. The fourth-order valence-corrected chi connectivity index (χ4v) is 3.38. The van der Waals surface area contributed by atoms with Gasteiger partial charge in [-0.05, 0) is 36.4 Å². The topological polar surface area (TPSA) is 69.7 Å². The van der Waals surface area contributed by atoms with Crippen LogP contribution < -0.4 is 14.5 Å². The third-order valence-corrected chi connectivity index (χ3v) is 5.56. The Kier molecular flexibility index (Phi) is 6.03. The SMILES string of the molecule is CN(C)c1ccc(NC(=O)CCS(=O)(=O)N(C)c2ccccc2)cc1. The van der Waals surface area contributed by atoms with Crippen molar-refractivity contribution in [1.82, 2.24) is 0 Å². The van der Waals surface area contributed by atoms with Crippen molar-refractivity contribution in [1.29, 1.82) is 0 Å². The fraction of sp³-hybridized carbons (Fsp3) is 0.278. The van der Waals surface area contributed by atoms with Gasteiger partial charge in [-0.1, -0.05) is 18.2 Å². The van der Waals surface area contributed by atoms with Crippen LogP contribution in [0.2, 0.25) is 0 Å². The van der Waals surface area contributed by atoms with Crippen molar-refractivity contribution in [3.8, 4) is 0 Å². The Morgan fingerprint density at radius 2 is 1.52 bits per heavy atom. The first-order valence-corrected chi connectivity index (χ1v) is 9.49. The van der Waals surface area contributed by atoms with E-state index < -0.39 is 10.0 Å². The molecule has 0 spiro atoms. The van der Waals surface area contributed by atoms with Crippen LogP contribution in [0.25, 0.3) is 0 Å². The lowest BCUT2D eigenvalue weighted by atomic mass is 10.2. The van der Waals surface area contributed by atoms with Crippen molar-refractivity contribution in [2.75, 3.05) is 41.4 Å². The van der Waals surface area contributed by atoms with Gasteiger partial charge in [-0.2, -0.15) is 0 Å². The Hall–Kier alpha value is -2.54. The molecule has 0 saturated heterocycles. The Balaban J connectivity index is 1.92. The predicted molar refractivity (Wildman–Crippen MR) is 103 cm³/mol. The van der Waals surface area contributed by atoms with E-state index in [1.165, 1.54) is 11.4 Å². The summed E-state index contributed by atoms with van der Waals surface area (Å²) < 4.78 is 25.9. The number of hydrogen-bond acceptors (Lipinski definition) is 4. The van der Waals surface area contributed by atoms with E-state index in [9.17, 15) is 13.2 Å². The summed E-state index contributed by atoms with van der Waals surface area (Å²) in [6.45, 7) is 0. The molecule has 0 saturated carbocycles. The number of rotatable bonds is 7. The van der Waals surface area contributed by atoms with Crippen LogP contribution in [-0.2, 0) is 14.8 Å².